The number of rotatable bonds is 3. The fraction of sp³-hybridized carbons (Fsp3) is 0.600. The number of aryl methyl sites for hydroxylation is 3. The van der Waals surface area contributed by atoms with Crippen molar-refractivity contribution in [2.75, 3.05) is 12.3 Å². The maximum absolute atomic E-state index is 6.07. The molecule has 1 aliphatic heterocycles. The Balaban J connectivity index is 1.98. The molecular formula is C15H22N4O. The number of fused-ring (bicyclic) bond motifs is 1. The number of anilines is 1. The summed E-state index contributed by atoms with van der Waals surface area (Å²) in [5.74, 6) is 1.31. The molecule has 1 aliphatic rings. The van der Waals surface area contributed by atoms with Gasteiger partial charge in [-0.3, -0.25) is 0 Å². The van der Waals surface area contributed by atoms with Gasteiger partial charge in [0.2, 0.25) is 0 Å². The second-order valence-corrected chi connectivity index (χ2v) is 5.64. The van der Waals surface area contributed by atoms with Gasteiger partial charge in [-0.15, -0.1) is 0 Å². The lowest BCUT2D eigenvalue weighted by atomic mass is 10.2. The van der Waals surface area contributed by atoms with E-state index in [-0.39, 0.29) is 0 Å². The Hall–Kier alpha value is -1.62. The van der Waals surface area contributed by atoms with Crippen molar-refractivity contribution in [2.45, 2.75) is 52.7 Å². The van der Waals surface area contributed by atoms with Crippen LogP contribution in [-0.2, 0) is 11.3 Å². The maximum atomic E-state index is 6.07. The standard InChI is InChI=1S/C15H22N4O/c1-9-10(2)19(7-6-12-5-4-8-20-12)15-13(9)14(16)17-11(3)18-15/h12H,4-8H2,1-3H3,(H2,16,17,18). The third-order valence-corrected chi connectivity index (χ3v) is 4.31. The van der Waals surface area contributed by atoms with Crippen molar-refractivity contribution in [1.82, 2.24) is 14.5 Å². The van der Waals surface area contributed by atoms with Crippen LogP contribution in [0.25, 0.3) is 11.0 Å². The quantitative estimate of drug-likeness (QED) is 0.934. The first-order chi connectivity index (χ1) is 9.58. The van der Waals surface area contributed by atoms with Gasteiger partial charge in [0.1, 0.15) is 17.3 Å². The molecule has 108 valence electrons. The highest BCUT2D eigenvalue weighted by atomic mass is 16.5. The predicted octanol–water partition coefficient (Wildman–Crippen LogP) is 2.51. The van der Waals surface area contributed by atoms with Crippen molar-refractivity contribution in [3.63, 3.8) is 0 Å². The Labute approximate surface area is 119 Å². The van der Waals surface area contributed by atoms with Crippen LogP contribution in [-0.4, -0.2) is 27.2 Å². The average Bonchev–Trinajstić information content (AvgIpc) is 2.97. The van der Waals surface area contributed by atoms with Gasteiger partial charge in [-0.1, -0.05) is 0 Å². The third-order valence-electron chi connectivity index (χ3n) is 4.31. The van der Waals surface area contributed by atoms with Crippen molar-refractivity contribution < 1.29 is 4.74 Å². The Morgan fingerprint density at radius 1 is 1.30 bits per heavy atom. The fourth-order valence-corrected chi connectivity index (χ4v) is 3.09. The lowest BCUT2D eigenvalue weighted by molar-refractivity contribution is 0.100. The van der Waals surface area contributed by atoms with Crippen LogP contribution in [0.3, 0.4) is 0 Å². The zero-order valence-corrected chi connectivity index (χ0v) is 12.4. The van der Waals surface area contributed by atoms with Crippen molar-refractivity contribution in [1.29, 1.82) is 0 Å². The SMILES string of the molecule is Cc1nc(N)c2c(C)c(C)n(CCC3CCCO3)c2n1. The van der Waals surface area contributed by atoms with E-state index < -0.39 is 0 Å². The van der Waals surface area contributed by atoms with E-state index >= 15 is 0 Å². The van der Waals surface area contributed by atoms with Gasteiger partial charge >= 0.3 is 0 Å². The average molecular weight is 274 g/mol. The molecule has 3 heterocycles. The van der Waals surface area contributed by atoms with E-state index in [1.165, 1.54) is 24.1 Å². The summed E-state index contributed by atoms with van der Waals surface area (Å²) in [6.07, 6.45) is 3.79. The van der Waals surface area contributed by atoms with Gasteiger partial charge in [-0.05, 0) is 45.6 Å². The van der Waals surface area contributed by atoms with Crippen LogP contribution in [0.5, 0.6) is 0 Å². The fourth-order valence-electron chi connectivity index (χ4n) is 3.09. The minimum atomic E-state index is 0.396. The monoisotopic (exact) mass is 274 g/mol. The zero-order valence-electron chi connectivity index (χ0n) is 12.4. The van der Waals surface area contributed by atoms with Crippen LogP contribution in [0.4, 0.5) is 5.82 Å². The van der Waals surface area contributed by atoms with Crippen LogP contribution in [0.1, 0.15) is 36.3 Å². The van der Waals surface area contributed by atoms with E-state index in [0.29, 0.717) is 11.9 Å². The molecule has 1 unspecified atom stereocenters. The molecule has 1 fully saturated rings. The minimum Gasteiger partial charge on any atom is -0.383 e. The van der Waals surface area contributed by atoms with E-state index in [1.54, 1.807) is 0 Å². The Bertz CT molecular complexity index is 641. The first kappa shape index (κ1) is 13.4. The number of aromatic nitrogens is 3. The normalized spacial score (nSPS) is 19.1. The maximum Gasteiger partial charge on any atom is 0.146 e. The summed E-state index contributed by atoms with van der Waals surface area (Å²) in [5, 5.41) is 1.00. The molecule has 0 aromatic carbocycles. The molecule has 5 nitrogen and oxygen atoms in total. The minimum absolute atomic E-state index is 0.396. The highest BCUT2D eigenvalue weighted by molar-refractivity contribution is 5.91. The molecule has 2 aromatic heterocycles. The Morgan fingerprint density at radius 3 is 2.80 bits per heavy atom. The summed E-state index contributed by atoms with van der Waals surface area (Å²) in [4.78, 5) is 8.88. The first-order valence-electron chi connectivity index (χ1n) is 7.29. The molecule has 0 amide bonds. The van der Waals surface area contributed by atoms with Crippen molar-refractivity contribution in [3.05, 3.63) is 17.1 Å². The highest BCUT2D eigenvalue weighted by Gasteiger charge is 2.19. The van der Waals surface area contributed by atoms with E-state index in [2.05, 4.69) is 28.4 Å². The van der Waals surface area contributed by atoms with Crippen LogP contribution >= 0.6 is 0 Å². The first-order valence-corrected chi connectivity index (χ1v) is 7.29. The number of ether oxygens (including phenoxy) is 1. The smallest absolute Gasteiger partial charge is 0.146 e. The molecule has 1 saturated heterocycles. The number of nitrogens with zero attached hydrogens (tertiary/aromatic N) is 3. The molecule has 5 heteroatoms. The second-order valence-electron chi connectivity index (χ2n) is 5.64. The molecular weight excluding hydrogens is 252 g/mol. The summed E-state index contributed by atoms with van der Waals surface area (Å²) in [5.41, 5.74) is 9.44. The highest BCUT2D eigenvalue weighted by Crippen LogP contribution is 2.28. The van der Waals surface area contributed by atoms with Crippen molar-refractivity contribution >= 4 is 16.9 Å². The molecule has 20 heavy (non-hydrogen) atoms. The predicted molar refractivity (Wildman–Crippen MR) is 79.7 cm³/mol. The summed E-state index contributed by atoms with van der Waals surface area (Å²) in [7, 11) is 0. The molecule has 2 N–H and O–H groups in total. The summed E-state index contributed by atoms with van der Waals surface area (Å²) in [6.45, 7) is 7.94. The van der Waals surface area contributed by atoms with Gasteiger partial charge in [-0.2, -0.15) is 0 Å². The van der Waals surface area contributed by atoms with E-state index in [1.807, 2.05) is 6.92 Å². The number of hydrogen-bond donors (Lipinski definition) is 1. The third kappa shape index (κ3) is 2.16. The van der Waals surface area contributed by atoms with Crippen molar-refractivity contribution in [2.24, 2.45) is 0 Å². The number of nitrogens with two attached hydrogens (primary N) is 1. The van der Waals surface area contributed by atoms with E-state index in [4.69, 9.17) is 10.5 Å². The van der Waals surface area contributed by atoms with Gasteiger partial charge in [0.25, 0.3) is 0 Å². The van der Waals surface area contributed by atoms with Gasteiger partial charge < -0.3 is 15.0 Å². The molecule has 2 aromatic rings. The largest absolute Gasteiger partial charge is 0.383 e. The van der Waals surface area contributed by atoms with Crippen LogP contribution < -0.4 is 5.73 Å². The van der Waals surface area contributed by atoms with Gasteiger partial charge in [0.05, 0.1) is 11.5 Å². The lowest BCUT2D eigenvalue weighted by Gasteiger charge is -2.12. The molecule has 0 saturated carbocycles. The van der Waals surface area contributed by atoms with Gasteiger partial charge in [0.15, 0.2) is 0 Å². The number of hydrogen-bond acceptors (Lipinski definition) is 4. The molecule has 3 rings (SSSR count). The second kappa shape index (κ2) is 5.05. The van der Waals surface area contributed by atoms with Gasteiger partial charge in [-0.25, -0.2) is 9.97 Å². The Morgan fingerprint density at radius 2 is 2.10 bits per heavy atom. The molecule has 0 aliphatic carbocycles. The van der Waals surface area contributed by atoms with E-state index in [0.717, 1.165) is 36.4 Å². The van der Waals surface area contributed by atoms with Crippen LogP contribution in [0.2, 0.25) is 0 Å². The number of nitrogen functional groups attached to an aromatic ring is 1. The molecule has 0 radical (unpaired) electrons. The van der Waals surface area contributed by atoms with Crippen LogP contribution in [0.15, 0.2) is 0 Å². The van der Waals surface area contributed by atoms with Crippen molar-refractivity contribution in [3.8, 4) is 0 Å². The molecule has 0 spiro atoms. The summed E-state index contributed by atoms with van der Waals surface area (Å²) in [6, 6.07) is 0. The Kier molecular flexibility index (Phi) is 3.38. The van der Waals surface area contributed by atoms with Gasteiger partial charge in [0, 0.05) is 18.8 Å². The summed E-state index contributed by atoms with van der Waals surface area (Å²) >= 11 is 0. The zero-order chi connectivity index (χ0) is 14.3. The molecule has 0 bridgehead atoms. The topological polar surface area (TPSA) is 66.0 Å². The van der Waals surface area contributed by atoms with Crippen LogP contribution in [0, 0.1) is 20.8 Å². The summed E-state index contributed by atoms with van der Waals surface area (Å²) < 4.78 is 7.97. The molecule has 1 atom stereocenters. The van der Waals surface area contributed by atoms with E-state index in [9.17, 15) is 0 Å². The lowest BCUT2D eigenvalue weighted by Crippen LogP contribution is -2.11.